The Morgan fingerprint density at radius 2 is 1.84 bits per heavy atom. The molecule has 1 fully saturated rings. The molecule has 162 valence electrons. The molecule has 3 aromatic rings. The van der Waals surface area contributed by atoms with Crippen LogP contribution < -0.4 is 10.1 Å². The van der Waals surface area contributed by atoms with Crippen molar-refractivity contribution in [3.63, 3.8) is 0 Å². The molecule has 0 spiro atoms. The highest BCUT2D eigenvalue weighted by Gasteiger charge is 2.39. The second kappa shape index (κ2) is 10.1. The van der Waals surface area contributed by atoms with Gasteiger partial charge in [-0.15, -0.1) is 0 Å². The predicted octanol–water partition coefficient (Wildman–Crippen LogP) is 4.25. The van der Waals surface area contributed by atoms with Crippen molar-refractivity contribution in [3.05, 3.63) is 84.7 Å². The number of carbonyl (C=O) groups excluding carboxylic acids is 2. The SMILES string of the molecule is COc1ccc(N=C2SC(CC(=O)Nc3ccccc3)C(=O)N2Cc2ccccn2)cc1. The van der Waals surface area contributed by atoms with E-state index in [1.54, 1.807) is 18.2 Å². The smallest absolute Gasteiger partial charge is 0.243 e. The highest BCUT2D eigenvalue weighted by atomic mass is 32.2. The summed E-state index contributed by atoms with van der Waals surface area (Å²) in [6.07, 6.45) is 1.74. The largest absolute Gasteiger partial charge is 0.497 e. The number of pyridine rings is 1. The molecule has 8 heteroatoms. The zero-order valence-corrected chi connectivity index (χ0v) is 18.3. The number of ether oxygens (including phenoxy) is 1. The van der Waals surface area contributed by atoms with Gasteiger partial charge in [0.1, 0.15) is 11.0 Å². The van der Waals surface area contributed by atoms with Gasteiger partial charge < -0.3 is 10.1 Å². The van der Waals surface area contributed by atoms with Crippen LogP contribution in [0, 0.1) is 0 Å². The number of rotatable bonds is 7. The van der Waals surface area contributed by atoms with E-state index in [-0.39, 0.29) is 18.2 Å². The summed E-state index contributed by atoms with van der Waals surface area (Å²) >= 11 is 1.30. The molecule has 1 atom stereocenters. The summed E-state index contributed by atoms with van der Waals surface area (Å²) < 4.78 is 5.20. The maximum Gasteiger partial charge on any atom is 0.243 e. The standard InChI is InChI=1S/C24H22N4O3S/c1-31-20-12-10-18(11-13-20)27-24-28(16-19-9-5-6-14-25-19)23(30)21(32-24)15-22(29)26-17-7-3-2-4-8-17/h2-14,21H,15-16H2,1H3,(H,26,29). The Morgan fingerprint density at radius 1 is 1.09 bits per heavy atom. The summed E-state index contributed by atoms with van der Waals surface area (Å²) in [6, 6.07) is 22.0. The van der Waals surface area contributed by atoms with E-state index in [4.69, 9.17) is 4.74 Å². The van der Waals surface area contributed by atoms with Crippen LogP contribution in [0.3, 0.4) is 0 Å². The lowest BCUT2D eigenvalue weighted by Gasteiger charge is -2.16. The van der Waals surface area contributed by atoms with Gasteiger partial charge in [-0.2, -0.15) is 0 Å². The summed E-state index contributed by atoms with van der Waals surface area (Å²) in [5.41, 5.74) is 2.14. The minimum absolute atomic E-state index is 0.0543. The van der Waals surface area contributed by atoms with Crippen molar-refractivity contribution in [2.75, 3.05) is 12.4 Å². The van der Waals surface area contributed by atoms with Crippen molar-refractivity contribution in [2.24, 2.45) is 4.99 Å². The molecule has 0 aliphatic carbocycles. The molecule has 2 aromatic carbocycles. The van der Waals surface area contributed by atoms with Crippen LogP contribution in [0.25, 0.3) is 0 Å². The van der Waals surface area contributed by atoms with Crippen molar-refractivity contribution in [1.29, 1.82) is 0 Å². The monoisotopic (exact) mass is 446 g/mol. The summed E-state index contributed by atoms with van der Waals surface area (Å²) in [5.74, 6) is 0.353. The Hall–Kier alpha value is -3.65. The quantitative estimate of drug-likeness (QED) is 0.587. The Morgan fingerprint density at radius 3 is 2.53 bits per heavy atom. The van der Waals surface area contributed by atoms with E-state index in [0.717, 1.165) is 11.4 Å². The summed E-state index contributed by atoms with van der Waals surface area (Å²) in [7, 11) is 1.60. The number of amides is 2. The average Bonchev–Trinajstić information content (AvgIpc) is 3.09. The fourth-order valence-corrected chi connectivity index (χ4v) is 4.35. The number of para-hydroxylation sites is 1. The molecule has 4 rings (SSSR count). The number of amidine groups is 1. The first-order valence-corrected chi connectivity index (χ1v) is 11.0. The van der Waals surface area contributed by atoms with E-state index in [9.17, 15) is 9.59 Å². The molecule has 0 radical (unpaired) electrons. The zero-order valence-electron chi connectivity index (χ0n) is 17.5. The number of aromatic nitrogens is 1. The van der Waals surface area contributed by atoms with Crippen LogP contribution in [-0.4, -0.2) is 39.2 Å². The zero-order chi connectivity index (χ0) is 22.3. The van der Waals surface area contributed by atoms with E-state index < -0.39 is 5.25 Å². The van der Waals surface area contributed by atoms with Crippen LogP contribution in [0.2, 0.25) is 0 Å². The first kappa shape index (κ1) is 21.6. The van der Waals surface area contributed by atoms with Gasteiger partial charge in [0.05, 0.1) is 25.0 Å². The van der Waals surface area contributed by atoms with Crippen LogP contribution >= 0.6 is 11.8 Å². The first-order valence-electron chi connectivity index (χ1n) is 10.1. The number of anilines is 1. The van der Waals surface area contributed by atoms with Crippen LogP contribution in [0.1, 0.15) is 12.1 Å². The molecule has 1 aliphatic heterocycles. The third-order valence-corrected chi connectivity index (χ3v) is 5.97. The Bertz CT molecular complexity index is 1110. The highest BCUT2D eigenvalue weighted by molar-refractivity contribution is 8.15. The Labute approximate surface area is 190 Å². The molecular weight excluding hydrogens is 424 g/mol. The number of hydrogen-bond donors (Lipinski definition) is 1. The van der Waals surface area contributed by atoms with Gasteiger partial charge in [0.25, 0.3) is 0 Å². The van der Waals surface area contributed by atoms with Gasteiger partial charge >= 0.3 is 0 Å². The minimum atomic E-state index is -0.556. The minimum Gasteiger partial charge on any atom is -0.497 e. The van der Waals surface area contributed by atoms with E-state index in [1.165, 1.54) is 11.8 Å². The first-order chi connectivity index (χ1) is 15.6. The van der Waals surface area contributed by atoms with Crippen molar-refractivity contribution in [1.82, 2.24) is 9.88 Å². The van der Waals surface area contributed by atoms with Crippen molar-refractivity contribution in [3.8, 4) is 5.75 Å². The lowest BCUT2D eigenvalue weighted by atomic mass is 10.2. The molecule has 1 aromatic heterocycles. The molecule has 2 heterocycles. The maximum atomic E-state index is 13.2. The van der Waals surface area contributed by atoms with E-state index in [1.807, 2.05) is 72.8 Å². The van der Waals surface area contributed by atoms with Crippen LogP contribution in [0.4, 0.5) is 11.4 Å². The van der Waals surface area contributed by atoms with Crippen LogP contribution in [-0.2, 0) is 16.1 Å². The average molecular weight is 447 g/mol. The van der Waals surface area contributed by atoms with Crippen LogP contribution in [0.15, 0.2) is 84.0 Å². The number of benzene rings is 2. The Balaban J connectivity index is 1.54. The highest BCUT2D eigenvalue weighted by Crippen LogP contribution is 2.33. The summed E-state index contributed by atoms with van der Waals surface area (Å²) in [6.45, 7) is 0.290. The van der Waals surface area contributed by atoms with Gasteiger partial charge in [-0.3, -0.25) is 19.5 Å². The van der Waals surface area contributed by atoms with E-state index in [2.05, 4.69) is 15.3 Å². The molecule has 0 bridgehead atoms. The maximum absolute atomic E-state index is 13.2. The lowest BCUT2D eigenvalue weighted by Crippen LogP contribution is -2.33. The third-order valence-electron chi connectivity index (χ3n) is 4.79. The number of methoxy groups -OCH3 is 1. The summed E-state index contributed by atoms with van der Waals surface area (Å²) in [5, 5.41) is 2.83. The number of aliphatic imine (C=N–C) groups is 1. The molecule has 1 N–H and O–H groups in total. The topological polar surface area (TPSA) is 83.9 Å². The van der Waals surface area contributed by atoms with Gasteiger partial charge in [0, 0.05) is 18.3 Å². The predicted molar refractivity (Wildman–Crippen MR) is 126 cm³/mol. The van der Waals surface area contributed by atoms with Gasteiger partial charge in [-0.25, -0.2) is 4.99 Å². The second-order valence-electron chi connectivity index (χ2n) is 7.06. The number of nitrogens with zero attached hydrogens (tertiary/aromatic N) is 3. The number of nitrogens with one attached hydrogen (secondary N) is 1. The normalized spacial score (nSPS) is 16.9. The number of hydrogen-bond acceptors (Lipinski definition) is 6. The fourth-order valence-electron chi connectivity index (χ4n) is 3.19. The summed E-state index contributed by atoms with van der Waals surface area (Å²) in [4.78, 5) is 36.3. The van der Waals surface area contributed by atoms with Crippen molar-refractivity contribution in [2.45, 2.75) is 18.2 Å². The molecule has 2 amide bonds. The second-order valence-corrected chi connectivity index (χ2v) is 8.23. The number of thioether (sulfide) groups is 1. The van der Waals surface area contributed by atoms with E-state index >= 15 is 0 Å². The molecule has 0 saturated carbocycles. The Kier molecular flexibility index (Phi) is 6.81. The lowest BCUT2D eigenvalue weighted by molar-refractivity contribution is -0.128. The van der Waals surface area contributed by atoms with Gasteiger partial charge in [0.15, 0.2) is 5.17 Å². The third kappa shape index (κ3) is 5.33. The van der Waals surface area contributed by atoms with Gasteiger partial charge in [-0.1, -0.05) is 36.0 Å². The van der Waals surface area contributed by atoms with E-state index in [0.29, 0.717) is 23.1 Å². The van der Waals surface area contributed by atoms with Gasteiger partial charge in [0.2, 0.25) is 11.8 Å². The molecule has 1 unspecified atom stereocenters. The molecular formula is C24H22N4O3S. The molecule has 1 saturated heterocycles. The fraction of sp³-hybridized carbons (Fsp3) is 0.167. The molecule has 7 nitrogen and oxygen atoms in total. The van der Waals surface area contributed by atoms with Crippen molar-refractivity contribution < 1.29 is 14.3 Å². The molecule has 32 heavy (non-hydrogen) atoms. The van der Waals surface area contributed by atoms with Crippen LogP contribution in [0.5, 0.6) is 5.75 Å². The number of carbonyl (C=O) groups is 2. The van der Waals surface area contributed by atoms with Gasteiger partial charge in [-0.05, 0) is 48.5 Å². The van der Waals surface area contributed by atoms with Crippen molar-refractivity contribution >= 4 is 40.1 Å². The molecule has 1 aliphatic rings.